The van der Waals surface area contributed by atoms with Crippen molar-refractivity contribution in [3.63, 3.8) is 0 Å². The van der Waals surface area contributed by atoms with Crippen molar-refractivity contribution in [2.24, 2.45) is 13.0 Å². The number of rotatable bonds is 9. The van der Waals surface area contributed by atoms with E-state index in [1.165, 1.54) is 6.20 Å². The summed E-state index contributed by atoms with van der Waals surface area (Å²) in [7, 11) is 1.98. The number of nitrogens with zero attached hydrogens (tertiary/aromatic N) is 4. The van der Waals surface area contributed by atoms with Gasteiger partial charge < -0.3 is 24.5 Å². The molecule has 2 N–H and O–H groups in total. The molecule has 0 bridgehead atoms. The Balaban J connectivity index is 1.15. The molecule has 0 saturated carbocycles. The van der Waals surface area contributed by atoms with Crippen LogP contribution >= 0.6 is 11.8 Å². The van der Waals surface area contributed by atoms with Crippen LogP contribution in [-0.4, -0.2) is 42.4 Å². The van der Waals surface area contributed by atoms with Gasteiger partial charge in [-0.05, 0) is 28.8 Å². The fraction of sp³-hybridized carbons (Fsp3) is 0.273. The lowest BCUT2D eigenvalue weighted by atomic mass is 9.91. The first-order valence-corrected chi connectivity index (χ1v) is 15.2. The van der Waals surface area contributed by atoms with Crippen molar-refractivity contribution in [2.45, 2.75) is 43.7 Å². The molecule has 1 fully saturated rings. The molecule has 220 valence electrons. The first-order chi connectivity index (χ1) is 21.0. The molecular formula is C33H33N5O4S. The molecular weight excluding hydrogens is 562 g/mol. The zero-order valence-corrected chi connectivity index (χ0v) is 24.8. The third kappa shape index (κ3) is 6.62. The van der Waals surface area contributed by atoms with Crippen LogP contribution in [0.2, 0.25) is 0 Å². The maximum Gasteiger partial charge on any atom is 0.271 e. The van der Waals surface area contributed by atoms with Crippen LogP contribution in [0.4, 0.5) is 0 Å². The number of ether oxygens (including phenoxy) is 2. The van der Waals surface area contributed by atoms with E-state index in [4.69, 9.17) is 9.47 Å². The van der Waals surface area contributed by atoms with Crippen LogP contribution in [0.5, 0.6) is 0 Å². The van der Waals surface area contributed by atoms with Crippen molar-refractivity contribution in [3.05, 3.63) is 119 Å². The van der Waals surface area contributed by atoms with Crippen LogP contribution in [0.15, 0.2) is 96.5 Å². The van der Waals surface area contributed by atoms with Crippen LogP contribution in [0, 0.1) is 5.92 Å². The molecule has 0 aliphatic carbocycles. The molecule has 1 aliphatic rings. The summed E-state index contributed by atoms with van der Waals surface area (Å²) in [5.41, 5.74) is 5.44. The number of fused-ring (bicyclic) bond motifs is 1. The van der Waals surface area contributed by atoms with E-state index in [1.54, 1.807) is 18.0 Å². The van der Waals surface area contributed by atoms with Gasteiger partial charge in [0.05, 0.1) is 36.0 Å². The zero-order chi connectivity index (χ0) is 29.8. The van der Waals surface area contributed by atoms with Gasteiger partial charge >= 0.3 is 0 Å². The Labute approximate surface area is 254 Å². The van der Waals surface area contributed by atoms with Gasteiger partial charge in [0.15, 0.2) is 11.4 Å². The third-order valence-corrected chi connectivity index (χ3v) is 8.81. The van der Waals surface area contributed by atoms with Crippen LogP contribution in [0.1, 0.15) is 52.1 Å². The SMILES string of the molecule is C[C@@H]1[C@H](CSc2nccn2C)O[C@H](c2ccc(CNC(=O)c3cnc4ccccc4n3)cc2)O[C@@H]1c1ccc(CO)cc1. The predicted octanol–water partition coefficient (Wildman–Crippen LogP) is 5.37. The normalized spacial score (nSPS) is 20.3. The van der Waals surface area contributed by atoms with Gasteiger partial charge in [-0.3, -0.25) is 9.78 Å². The molecule has 1 amide bonds. The molecule has 0 spiro atoms. The fourth-order valence-corrected chi connectivity index (χ4v) is 6.19. The largest absolute Gasteiger partial charge is 0.392 e. The Hall–Kier alpha value is -4.09. The highest BCUT2D eigenvalue weighted by atomic mass is 32.2. The smallest absolute Gasteiger partial charge is 0.271 e. The second-order valence-electron chi connectivity index (χ2n) is 10.6. The minimum absolute atomic E-state index is 0.00150. The number of benzene rings is 3. The lowest BCUT2D eigenvalue weighted by molar-refractivity contribution is -0.268. The lowest BCUT2D eigenvalue weighted by Crippen LogP contribution is -2.38. The molecule has 6 rings (SSSR count). The number of thioether (sulfide) groups is 1. The molecule has 43 heavy (non-hydrogen) atoms. The van der Waals surface area contributed by atoms with Crippen LogP contribution < -0.4 is 5.32 Å². The number of carbonyl (C=O) groups is 1. The van der Waals surface area contributed by atoms with Gasteiger partial charge in [-0.15, -0.1) is 0 Å². The van der Waals surface area contributed by atoms with Crippen LogP contribution in [0.3, 0.4) is 0 Å². The zero-order valence-electron chi connectivity index (χ0n) is 24.0. The molecule has 0 unspecified atom stereocenters. The summed E-state index contributed by atoms with van der Waals surface area (Å²) < 4.78 is 15.1. The lowest BCUT2D eigenvalue weighted by Gasteiger charge is -2.41. The summed E-state index contributed by atoms with van der Waals surface area (Å²) in [5, 5.41) is 13.4. The number of nitrogens with one attached hydrogen (secondary N) is 1. The van der Waals surface area contributed by atoms with E-state index in [9.17, 15) is 9.90 Å². The number of aromatic nitrogens is 4. The number of aliphatic hydroxyl groups is 1. The number of hydrogen-bond acceptors (Lipinski definition) is 8. The molecule has 5 aromatic rings. The quantitative estimate of drug-likeness (QED) is 0.219. The topological polar surface area (TPSA) is 111 Å². The Bertz CT molecular complexity index is 1690. The first kappa shape index (κ1) is 29.0. The highest BCUT2D eigenvalue weighted by Gasteiger charge is 2.38. The number of hydrogen-bond donors (Lipinski definition) is 2. The number of para-hydroxylation sites is 2. The van der Waals surface area contributed by atoms with Gasteiger partial charge in [0.2, 0.25) is 0 Å². The van der Waals surface area contributed by atoms with E-state index in [0.29, 0.717) is 12.1 Å². The van der Waals surface area contributed by atoms with Gasteiger partial charge in [0.1, 0.15) is 5.69 Å². The number of aryl methyl sites for hydroxylation is 1. The molecule has 10 heteroatoms. The van der Waals surface area contributed by atoms with Gasteiger partial charge in [0.25, 0.3) is 5.91 Å². The number of imidazole rings is 1. The van der Waals surface area contributed by atoms with Crippen LogP contribution in [-0.2, 0) is 29.7 Å². The Morgan fingerprint density at radius 3 is 2.40 bits per heavy atom. The molecule has 3 heterocycles. The number of amides is 1. The summed E-state index contributed by atoms with van der Waals surface area (Å²) in [4.78, 5) is 26.0. The standard InChI is InChI=1S/C33H33N5O4S/c1-21-29(20-43-33-34-15-16-38(33)2)41-32(42-30(21)24-11-9-23(19-39)10-12-24)25-13-7-22(8-14-25)17-36-31(40)28-18-35-26-5-3-4-6-27(26)37-28/h3-16,18,21,29-30,32,39H,17,19-20H2,1-2H3,(H,36,40)/t21-,29+,30+,32+/m1/s1. The van der Waals surface area contributed by atoms with Gasteiger partial charge in [0, 0.05) is 43.2 Å². The van der Waals surface area contributed by atoms with Crippen molar-refractivity contribution in [1.82, 2.24) is 24.8 Å². The van der Waals surface area contributed by atoms with Crippen molar-refractivity contribution in [2.75, 3.05) is 5.75 Å². The van der Waals surface area contributed by atoms with E-state index in [1.807, 2.05) is 90.6 Å². The highest BCUT2D eigenvalue weighted by molar-refractivity contribution is 7.99. The second-order valence-corrected chi connectivity index (χ2v) is 11.6. The Morgan fingerprint density at radius 1 is 0.953 bits per heavy atom. The number of carbonyl (C=O) groups excluding carboxylic acids is 1. The predicted molar refractivity (Wildman–Crippen MR) is 164 cm³/mol. The van der Waals surface area contributed by atoms with Crippen molar-refractivity contribution >= 4 is 28.7 Å². The average Bonchev–Trinajstić information content (AvgIpc) is 3.47. The van der Waals surface area contributed by atoms with Crippen molar-refractivity contribution in [1.29, 1.82) is 0 Å². The van der Waals surface area contributed by atoms with E-state index in [2.05, 4.69) is 27.2 Å². The molecule has 1 aliphatic heterocycles. The average molecular weight is 596 g/mol. The Kier molecular flexibility index (Phi) is 8.80. The van der Waals surface area contributed by atoms with E-state index < -0.39 is 6.29 Å². The van der Waals surface area contributed by atoms with Crippen LogP contribution in [0.25, 0.3) is 11.0 Å². The molecule has 0 radical (unpaired) electrons. The maximum atomic E-state index is 12.7. The minimum Gasteiger partial charge on any atom is -0.392 e. The monoisotopic (exact) mass is 595 g/mol. The highest BCUT2D eigenvalue weighted by Crippen LogP contribution is 2.42. The van der Waals surface area contributed by atoms with E-state index in [0.717, 1.165) is 38.7 Å². The fourth-order valence-electron chi connectivity index (χ4n) is 5.09. The summed E-state index contributed by atoms with van der Waals surface area (Å²) in [6, 6.07) is 23.3. The first-order valence-electron chi connectivity index (χ1n) is 14.2. The minimum atomic E-state index is -0.567. The summed E-state index contributed by atoms with van der Waals surface area (Å²) >= 11 is 1.66. The van der Waals surface area contributed by atoms with Gasteiger partial charge in [-0.25, -0.2) is 9.97 Å². The van der Waals surface area contributed by atoms with Crippen molar-refractivity contribution < 1.29 is 19.4 Å². The molecule has 1 saturated heterocycles. The Morgan fingerprint density at radius 2 is 1.67 bits per heavy atom. The van der Waals surface area contributed by atoms with Gasteiger partial charge in [-0.2, -0.15) is 0 Å². The summed E-state index contributed by atoms with van der Waals surface area (Å²) in [6.45, 7) is 2.49. The van der Waals surface area contributed by atoms with E-state index >= 15 is 0 Å². The summed E-state index contributed by atoms with van der Waals surface area (Å²) in [6.07, 6.45) is 4.37. The maximum absolute atomic E-state index is 12.7. The third-order valence-electron chi connectivity index (χ3n) is 7.66. The molecule has 9 nitrogen and oxygen atoms in total. The second kappa shape index (κ2) is 13.0. The molecule has 4 atom stereocenters. The van der Waals surface area contributed by atoms with Gasteiger partial charge in [-0.1, -0.05) is 79.3 Å². The number of aliphatic hydroxyl groups excluding tert-OH is 1. The molecule has 3 aromatic carbocycles. The molecule has 2 aromatic heterocycles. The van der Waals surface area contributed by atoms with E-state index in [-0.39, 0.29) is 36.3 Å². The van der Waals surface area contributed by atoms with Crippen molar-refractivity contribution in [3.8, 4) is 0 Å². The summed E-state index contributed by atoms with van der Waals surface area (Å²) in [5.74, 6) is 0.522.